The minimum atomic E-state index is -0.861. The van der Waals surface area contributed by atoms with E-state index in [2.05, 4.69) is 67.9 Å². The highest BCUT2D eigenvalue weighted by Crippen LogP contribution is 2.75. The van der Waals surface area contributed by atoms with Gasteiger partial charge in [-0.2, -0.15) is 0 Å². The number of piperazine rings is 1. The van der Waals surface area contributed by atoms with E-state index >= 15 is 0 Å². The van der Waals surface area contributed by atoms with Gasteiger partial charge in [-0.15, -0.1) is 0 Å². The van der Waals surface area contributed by atoms with Crippen LogP contribution in [-0.2, 0) is 0 Å². The quantitative estimate of drug-likeness (QED) is 0.332. The Morgan fingerprint density at radius 3 is 2.29 bits per heavy atom. The van der Waals surface area contributed by atoms with E-state index in [9.17, 15) is 14.7 Å². The first-order valence-electron chi connectivity index (χ1n) is 19.3. The zero-order chi connectivity index (χ0) is 34.1. The molecule has 0 radical (unpaired) electrons. The monoisotopic (exact) mass is 658 g/mol. The van der Waals surface area contributed by atoms with Crippen molar-refractivity contribution in [3.8, 4) is 0 Å². The molecule has 264 valence electrons. The van der Waals surface area contributed by atoms with Crippen molar-refractivity contribution in [2.45, 2.75) is 97.4 Å². The summed E-state index contributed by atoms with van der Waals surface area (Å²) in [6.45, 7) is 16.2. The first-order valence-corrected chi connectivity index (χ1v) is 19.3. The zero-order valence-corrected chi connectivity index (χ0v) is 30.7. The lowest BCUT2D eigenvalue weighted by Crippen LogP contribution is -2.68. The molecular weight excluding hydrogens is 596 g/mol. The molecule has 0 spiro atoms. The number of nitrogens with one attached hydrogen (secondary N) is 1. The van der Waals surface area contributed by atoms with Crippen LogP contribution in [0.2, 0.25) is 0 Å². The van der Waals surface area contributed by atoms with Gasteiger partial charge in [-0.25, -0.2) is 9.59 Å². The second-order valence-corrected chi connectivity index (χ2v) is 18.0. The van der Waals surface area contributed by atoms with E-state index in [1.54, 1.807) is 12.1 Å². The Labute approximate surface area is 289 Å². The van der Waals surface area contributed by atoms with Crippen molar-refractivity contribution in [1.29, 1.82) is 0 Å². The summed E-state index contributed by atoms with van der Waals surface area (Å²) in [6, 6.07) is 7.77. The third-order valence-electron chi connectivity index (χ3n) is 15.9. The highest BCUT2D eigenvalue weighted by Gasteiger charge is 2.68. The first-order chi connectivity index (χ1) is 22.8. The van der Waals surface area contributed by atoms with Crippen LogP contribution in [0, 0.1) is 45.8 Å². The topological polar surface area (TPSA) is 76.1 Å². The number of nitrogens with zero attached hydrogens (tertiary/aromatic N) is 3. The predicted octanol–water partition coefficient (Wildman–Crippen LogP) is 7.48. The molecule has 5 aliphatic carbocycles. The van der Waals surface area contributed by atoms with Gasteiger partial charge < -0.3 is 20.2 Å². The van der Waals surface area contributed by atoms with Gasteiger partial charge in [-0.05, 0) is 141 Å². The number of urea groups is 1. The van der Waals surface area contributed by atoms with Crippen molar-refractivity contribution in [1.82, 2.24) is 20.0 Å². The number of aromatic carboxylic acids is 1. The van der Waals surface area contributed by atoms with Crippen molar-refractivity contribution < 1.29 is 14.7 Å². The largest absolute Gasteiger partial charge is 0.478 e. The number of carbonyl (C=O) groups excluding carboxylic acids is 1. The summed E-state index contributed by atoms with van der Waals surface area (Å²) in [5, 5.41) is 13.2. The molecule has 1 aromatic carbocycles. The molecule has 5 fully saturated rings. The normalized spacial score (nSPS) is 41.1. The summed E-state index contributed by atoms with van der Waals surface area (Å²) in [4.78, 5) is 32.2. The zero-order valence-electron chi connectivity index (χ0n) is 30.7. The maximum absolute atomic E-state index is 13.9. The molecule has 1 heterocycles. The fourth-order valence-corrected chi connectivity index (χ4v) is 13.0. The Bertz CT molecular complexity index is 1420. The van der Waals surface area contributed by atoms with Crippen LogP contribution in [0.5, 0.6) is 0 Å². The lowest BCUT2D eigenvalue weighted by atomic mass is 9.34. The van der Waals surface area contributed by atoms with E-state index in [1.807, 2.05) is 12.1 Å². The second kappa shape index (κ2) is 12.4. The summed E-state index contributed by atoms with van der Waals surface area (Å²) >= 11 is 0. The third kappa shape index (κ3) is 5.36. The molecule has 8 unspecified atom stereocenters. The van der Waals surface area contributed by atoms with Gasteiger partial charge in [0.25, 0.3) is 0 Å². The van der Waals surface area contributed by atoms with E-state index in [0.29, 0.717) is 46.0 Å². The molecule has 2 amide bonds. The number of rotatable bonds is 6. The van der Waals surface area contributed by atoms with Crippen LogP contribution in [0.3, 0.4) is 0 Å². The Kier molecular flexibility index (Phi) is 8.83. The Morgan fingerprint density at radius 1 is 0.875 bits per heavy atom. The minimum absolute atomic E-state index is 0.0270. The molecule has 7 rings (SSSR count). The lowest BCUT2D eigenvalue weighted by Gasteiger charge is -2.71. The Balaban J connectivity index is 1.07. The summed E-state index contributed by atoms with van der Waals surface area (Å²) in [5.41, 5.74) is 3.81. The average molecular weight is 659 g/mol. The van der Waals surface area contributed by atoms with Gasteiger partial charge in [0.15, 0.2) is 0 Å². The van der Waals surface area contributed by atoms with Gasteiger partial charge in [0.1, 0.15) is 0 Å². The average Bonchev–Trinajstić information content (AvgIpc) is 3.48. The number of allylic oxidation sites excluding steroid dienone is 2. The maximum atomic E-state index is 13.9. The van der Waals surface area contributed by atoms with Gasteiger partial charge in [-0.3, -0.25) is 4.90 Å². The Morgan fingerprint density at radius 2 is 1.60 bits per heavy atom. The summed E-state index contributed by atoms with van der Waals surface area (Å²) in [6.07, 6.45) is 14.8. The molecule has 2 N–H and O–H groups in total. The number of carboxylic acid groups (broad SMARTS) is 1. The molecule has 1 saturated heterocycles. The van der Waals surface area contributed by atoms with Crippen molar-refractivity contribution in [3.05, 3.63) is 41.5 Å². The predicted molar refractivity (Wildman–Crippen MR) is 193 cm³/mol. The van der Waals surface area contributed by atoms with Crippen LogP contribution in [0.4, 0.5) is 4.79 Å². The van der Waals surface area contributed by atoms with Crippen molar-refractivity contribution in [2.24, 2.45) is 45.8 Å². The lowest BCUT2D eigenvalue weighted by molar-refractivity contribution is -0.210. The molecule has 9 atom stereocenters. The van der Waals surface area contributed by atoms with Crippen molar-refractivity contribution in [3.63, 3.8) is 0 Å². The van der Waals surface area contributed by atoms with E-state index in [0.717, 1.165) is 58.5 Å². The van der Waals surface area contributed by atoms with Crippen LogP contribution in [0.15, 0.2) is 30.3 Å². The smallest absolute Gasteiger partial charge is 0.335 e. The highest BCUT2D eigenvalue weighted by atomic mass is 16.4. The standard InChI is InChI=1S/C41H62N4O3/c1-28-31(29-9-11-30(12-10-29)36(46)47)15-18-38(2)32(28)16-19-40(4)35(38)14-13-33-34-8-7-17-41(34,21-20-39(33,40)3)42-37(48)45-26-24-44(25-27-45)23-22-43(5)6/h9-12,15,28,32-35H,7-8,13-14,16-27H2,1-6H3,(H,42,48)(H,46,47)/t28?,32?,33?,34?,35?,38?,39-,40?,41?/m1/s1. The number of fused-ring (bicyclic) bond motifs is 7. The van der Waals surface area contributed by atoms with E-state index in [4.69, 9.17) is 0 Å². The second-order valence-electron chi connectivity index (χ2n) is 18.0. The molecule has 7 heteroatoms. The van der Waals surface area contributed by atoms with E-state index in [-0.39, 0.29) is 17.0 Å². The van der Waals surface area contributed by atoms with Crippen LogP contribution in [0.1, 0.15) is 108 Å². The van der Waals surface area contributed by atoms with Crippen LogP contribution >= 0.6 is 0 Å². The van der Waals surface area contributed by atoms with Gasteiger partial charge in [0, 0.05) is 44.8 Å². The van der Waals surface area contributed by atoms with Gasteiger partial charge in [0.2, 0.25) is 0 Å². The molecule has 0 bridgehead atoms. The van der Waals surface area contributed by atoms with Crippen molar-refractivity contribution >= 4 is 17.6 Å². The number of carbonyl (C=O) groups is 2. The SMILES string of the molecule is CC1C(c2ccc(C(=O)O)cc2)=CCC2(C)C1CCC1(C)C2CCC2C3CCCC3(NC(=O)N3CCN(CCN(C)C)CC3)CC[C@]21C. The molecule has 4 saturated carbocycles. The van der Waals surface area contributed by atoms with E-state index in [1.165, 1.54) is 56.1 Å². The maximum Gasteiger partial charge on any atom is 0.335 e. The highest BCUT2D eigenvalue weighted by molar-refractivity contribution is 5.88. The van der Waals surface area contributed by atoms with Gasteiger partial charge >= 0.3 is 12.0 Å². The van der Waals surface area contributed by atoms with Gasteiger partial charge in [-0.1, -0.05) is 52.3 Å². The number of hydrogen-bond acceptors (Lipinski definition) is 4. The van der Waals surface area contributed by atoms with Gasteiger partial charge in [0.05, 0.1) is 5.56 Å². The third-order valence-corrected chi connectivity index (χ3v) is 15.9. The van der Waals surface area contributed by atoms with Crippen LogP contribution in [0.25, 0.3) is 5.57 Å². The molecular formula is C41H62N4O3. The Hall–Kier alpha value is -2.38. The molecule has 0 aromatic heterocycles. The number of likely N-dealkylation sites (N-methyl/N-ethyl adjacent to an activating group) is 1. The first kappa shape index (κ1) is 34.1. The van der Waals surface area contributed by atoms with Crippen LogP contribution in [-0.4, -0.2) is 90.7 Å². The minimum Gasteiger partial charge on any atom is -0.478 e. The summed E-state index contributed by atoms with van der Waals surface area (Å²) in [5.74, 6) is 2.22. The number of hydrogen-bond donors (Lipinski definition) is 2. The fraction of sp³-hybridized carbons (Fsp3) is 0.756. The molecule has 6 aliphatic rings. The number of carboxylic acids is 1. The fourth-order valence-electron chi connectivity index (χ4n) is 13.0. The molecule has 7 nitrogen and oxygen atoms in total. The summed E-state index contributed by atoms with van der Waals surface area (Å²) < 4.78 is 0. The number of benzene rings is 1. The molecule has 1 aromatic rings. The summed E-state index contributed by atoms with van der Waals surface area (Å²) in [7, 11) is 4.26. The van der Waals surface area contributed by atoms with E-state index < -0.39 is 5.97 Å². The molecule has 48 heavy (non-hydrogen) atoms. The van der Waals surface area contributed by atoms with Crippen molar-refractivity contribution in [2.75, 3.05) is 53.4 Å². The number of amides is 2. The van der Waals surface area contributed by atoms with Crippen LogP contribution < -0.4 is 5.32 Å². The molecule has 1 aliphatic heterocycles.